The van der Waals surface area contributed by atoms with E-state index in [1.54, 1.807) is 13.2 Å². The molecule has 1 heterocycles. The molecule has 1 aromatic carbocycles. The zero-order valence-electron chi connectivity index (χ0n) is 16.2. The Kier molecular flexibility index (Phi) is 6.74. The largest absolute Gasteiger partial charge is 0.504 e. The Morgan fingerprint density at radius 2 is 1.96 bits per heavy atom. The third-order valence-electron chi connectivity index (χ3n) is 5.59. The number of aromatic hydroxyl groups is 1. The number of carbonyl (C=O) groups is 1. The molecule has 1 saturated heterocycles. The lowest BCUT2D eigenvalue weighted by molar-refractivity contribution is -0.129. The van der Waals surface area contributed by atoms with Crippen LogP contribution in [0.2, 0.25) is 0 Å². The summed E-state index contributed by atoms with van der Waals surface area (Å²) in [6.07, 6.45) is 3.93. The average Bonchev–Trinajstić information content (AvgIpc) is 2.54. The van der Waals surface area contributed by atoms with Gasteiger partial charge in [0.15, 0.2) is 11.5 Å². The Balaban J connectivity index is 2.00. The predicted molar refractivity (Wildman–Crippen MR) is 101 cm³/mol. The van der Waals surface area contributed by atoms with E-state index >= 15 is 0 Å². The van der Waals surface area contributed by atoms with Gasteiger partial charge in [-0.2, -0.15) is 0 Å². The molecule has 1 aliphatic heterocycles. The van der Waals surface area contributed by atoms with Crippen LogP contribution in [0.25, 0.3) is 0 Å². The van der Waals surface area contributed by atoms with E-state index in [0.29, 0.717) is 23.5 Å². The number of methoxy groups -OCH3 is 1. The summed E-state index contributed by atoms with van der Waals surface area (Å²) in [6, 6.07) is 5.89. The third-order valence-corrected chi connectivity index (χ3v) is 5.59. The van der Waals surface area contributed by atoms with Crippen LogP contribution in [-0.4, -0.2) is 24.2 Å². The first-order chi connectivity index (χ1) is 11.8. The van der Waals surface area contributed by atoms with Crippen molar-refractivity contribution in [3.63, 3.8) is 0 Å². The molecule has 4 heteroatoms. The number of carbonyl (C=O) groups excluding carboxylic acids is 1. The van der Waals surface area contributed by atoms with Gasteiger partial charge in [-0.25, -0.2) is 0 Å². The number of phenols is 1. The van der Waals surface area contributed by atoms with Crippen LogP contribution < -0.4 is 10.1 Å². The summed E-state index contributed by atoms with van der Waals surface area (Å²) in [5.41, 5.74) is 1.11. The van der Waals surface area contributed by atoms with E-state index < -0.39 is 0 Å². The molecule has 0 aliphatic carbocycles. The minimum Gasteiger partial charge on any atom is -0.504 e. The molecule has 1 aliphatic rings. The molecule has 0 aromatic heterocycles. The molecule has 2 N–H and O–H groups in total. The number of benzene rings is 1. The molecule has 1 amide bonds. The summed E-state index contributed by atoms with van der Waals surface area (Å²) in [4.78, 5) is 12.3. The Hall–Kier alpha value is -1.71. The molecule has 3 unspecified atom stereocenters. The van der Waals surface area contributed by atoms with E-state index in [1.165, 1.54) is 0 Å². The Morgan fingerprint density at radius 1 is 1.24 bits per heavy atom. The van der Waals surface area contributed by atoms with Crippen LogP contribution >= 0.6 is 0 Å². The molecule has 2 rings (SSSR count). The zero-order valence-corrected chi connectivity index (χ0v) is 16.2. The Labute approximate surface area is 152 Å². The molecule has 0 spiro atoms. The van der Waals surface area contributed by atoms with Gasteiger partial charge >= 0.3 is 0 Å². The minimum atomic E-state index is 0.160. The monoisotopic (exact) mass is 347 g/mol. The summed E-state index contributed by atoms with van der Waals surface area (Å²) in [7, 11) is 1.56. The van der Waals surface area contributed by atoms with Crippen molar-refractivity contribution in [2.45, 2.75) is 59.4 Å². The van der Waals surface area contributed by atoms with Gasteiger partial charge in [0.1, 0.15) is 0 Å². The van der Waals surface area contributed by atoms with Crippen LogP contribution in [0.5, 0.6) is 11.5 Å². The summed E-state index contributed by atoms with van der Waals surface area (Å²) in [5, 5.41) is 13.2. The van der Waals surface area contributed by atoms with Crippen molar-refractivity contribution >= 4 is 5.91 Å². The van der Waals surface area contributed by atoms with Crippen molar-refractivity contribution in [2.24, 2.45) is 23.7 Å². The second-order valence-corrected chi connectivity index (χ2v) is 8.08. The van der Waals surface area contributed by atoms with Crippen LogP contribution in [0, 0.1) is 23.7 Å². The highest BCUT2D eigenvalue weighted by atomic mass is 16.5. The van der Waals surface area contributed by atoms with Gasteiger partial charge in [0.2, 0.25) is 5.91 Å². The van der Waals surface area contributed by atoms with Gasteiger partial charge in [0.05, 0.1) is 7.11 Å². The molecule has 0 saturated carbocycles. The van der Waals surface area contributed by atoms with Gasteiger partial charge in [-0.1, -0.05) is 33.8 Å². The number of rotatable bonds is 7. The first-order valence-corrected chi connectivity index (χ1v) is 9.48. The molecular weight excluding hydrogens is 314 g/mol. The van der Waals surface area contributed by atoms with Gasteiger partial charge < -0.3 is 15.2 Å². The predicted octanol–water partition coefficient (Wildman–Crippen LogP) is 4.16. The van der Waals surface area contributed by atoms with Crippen molar-refractivity contribution in [1.82, 2.24) is 5.32 Å². The third kappa shape index (κ3) is 5.13. The van der Waals surface area contributed by atoms with Gasteiger partial charge in [-0.3, -0.25) is 4.79 Å². The SMILES string of the molecule is COc1ccc(CC(CC2CCC(C(C)C)C(=O)N2)C(C)C)cc1O. The molecule has 25 heavy (non-hydrogen) atoms. The Bertz CT molecular complexity index is 583. The van der Waals surface area contributed by atoms with Crippen LogP contribution in [0.4, 0.5) is 0 Å². The van der Waals surface area contributed by atoms with E-state index in [1.807, 2.05) is 12.1 Å². The van der Waals surface area contributed by atoms with E-state index in [9.17, 15) is 9.90 Å². The lowest BCUT2D eigenvalue weighted by Gasteiger charge is -2.34. The molecular formula is C21H33NO3. The second kappa shape index (κ2) is 8.59. The van der Waals surface area contributed by atoms with Gasteiger partial charge in [0, 0.05) is 12.0 Å². The Morgan fingerprint density at radius 3 is 2.48 bits per heavy atom. The summed E-state index contributed by atoms with van der Waals surface area (Å²) >= 11 is 0. The average molecular weight is 347 g/mol. The van der Waals surface area contributed by atoms with E-state index in [2.05, 4.69) is 33.0 Å². The van der Waals surface area contributed by atoms with Gasteiger partial charge in [-0.15, -0.1) is 0 Å². The van der Waals surface area contributed by atoms with Crippen LogP contribution in [0.3, 0.4) is 0 Å². The normalized spacial score (nSPS) is 22.1. The standard InChI is InChI=1S/C21H33NO3/c1-13(2)16(10-15-6-9-20(25-5)19(23)11-15)12-17-7-8-18(14(3)4)21(24)22-17/h6,9,11,13-14,16-18,23H,7-8,10,12H2,1-5H3,(H,22,24). The fourth-order valence-corrected chi connectivity index (χ4v) is 3.83. The second-order valence-electron chi connectivity index (χ2n) is 8.08. The van der Waals surface area contributed by atoms with E-state index in [-0.39, 0.29) is 23.6 Å². The molecule has 1 fully saturated rings. The number of ether oxygens (including phenoxy) is 1. The number of phenolic OH excluding ortho intramolecular Hbond substituents is 1. The van der Waals surface area contributed by atoms with E-state index in [0.717, 1.165) is 31.2 Å². The summed E-state index contributed by atoms with van der Waals surface area (Å²) in [6.45, 7) is 8.71. The highest BCUT2D eigenvalue weighted by Gasteiger charge is 2.31. The number of amides is 1. The molecule has 3 atom stereocenters. The highest BCUT2D eigenvalue weighted by Crippen LogP contribution is 2.31. The van der Waals surface area contributed by atoms with Crippen molar-refractivity contribution < 1.29 is 14.6 Å². The fraction of sp³-hybridized carbons (Fsp3) is 0.667. The lowest BCUT2D eigenvalue weighted by Crippen LogP contribution is -2.46. The van der Waals surface area contributed by atoms with Crippen molar-refractivity contribution in [1.29, 1.82) is 0 Å². The van der Waals surface area contributed by atoms with Crippen molar-refractivity contribution in [3.8, 4) is 11.5 Å². The molecule has 1 aromatic rings. The van der Waals surface area contributed by atoms with Gasteiger partial charge in [0.25, 0.3) is 0 Å². The molecule has 140 valence electrons. The number of nitrogens with one attached hydrogen (secondary N) is 1. The molecule has 0 radical (unpaired) electrons. The van der Waals surface area contributed by atoms with Crippen molar-refractivity contribution in [3.05, 3.63) is 23.8 Å². The maximum absolute atomic E-state index is 12.3. The summed E-state index contributed by atoms with van der Waals surface area (Å²) < 4.78 is 5.12. The maximum atomic E-state index is 12.3. The van der Waals surface area contributed by atoms with Crippen LogP contribution in [0.1, 0.15) is 52.5 Å². The van der Waals surface area contributed by atoms with Crippen LogP contribution in [-0.2, 0) is 11.2 Å². The van der Waals surface area contributed by atoms with Crippen LogP contribution in [0.15, 0.2) is 18.2 Å². The fourth-order valence-electron chi connectivity index (χ4n) is 3.83. The van der Waals surface area contributed by atoms with E-state index in [4.69, 9.17) is 4.74 Å². The lowest BCUT2D eigenvalue weighted by atomic mass is 9.79. The smallest absolute Gasteiger partial charge is 0.223 e. The summed E-state index contributed by atoms with van der Waals surface area (Å²) in [5.74, 6) is 2.46. The number of hydrogen-bond acceptors (Lipinski definition) is 3. The quantitative estimate of drug-likeness (QED) is 0.779. The molecule has 4 nitrogen and oxygen atoms in total. The highest BCUT2D eigenvalue weighted by molar-refractivity contribution is 5.79. The maximum Gasteiger partial charge on any atom is 0.223 e. The number of piperidine rings is 1. The van der Waals surface area contributed by atoms with Crippen molar-refractivity contribution in [2.75, 3.05) is 7.11 Å². The zero-order chi connectivity index (χ0) is 18.6. The topological polar surface area (TPSA) is 58.6 Å². The molecule has 0 bridgehead atoms. The van der Waals surface area contributed by atoms with Gasteiger partial charge in [-0.05, 0) is 61.1 Å². The number of hydrogen-bond donors (Lipinski definition) is 2. The first kappa shape index (κ1) is 19.6. The first-order valence-electron chi connectivity index (χ1n) is 9.48. The minimum absolute atomic E-state index is 0.160.